The van der Waals surface area contributed by atoms with Crippen molar-refractivity contribution in [3.8, 4) is 45.8 Å². The van der Waals surface area contributed by atoms with Crippen LogP contribution in [-0.4, -0.2) is 128 Å². The molecule has 1 aromatic heterocycles. The quantitative estimate of drug-likeness (QED) is 0.135. The van der Waals surface area contributed by atoms with E-state index < -0.39 is 102 Å². The van der Waals surface area contributed by atoms with Crippen LogP contribution in [0.3, 0.4) is 0 Å². The molecule has 2 aromatic carbocycles. The predicted octanol–water partition coefficient (Wildman–Crippen LogP) is -1.38. The molecule has 0 saturated carbocycles. The van der Waals surface area contributed by atoms with Gasteiger partial charge in [-0.15, -0.1) is 0 Å². The van der Waals surface area contributed by atoms with Crippen molar-refractivity contribution in [2.45, 2.75) is 68.3 Å². The van der Waals surface area contributed by atoms with Crippen LogP contribution in [0.4, 0.5) is 0 Å². The van der Waals surface area contributed by atoms with Crippen molar-refractivity contribution in [1.82, 2.24) is 0 Å². The number of hydrogen-bond acceptors (Lipinski definition) is 17. The van der Waals surface area contributed by atoms with E-state index in [2.05, 4.69) is 0 Å². The highest BCUT2D eigenvalue weighted by atomic mass is 16.8. The molecule has 5 rings (SSSR count). The van der Waals surface area contributed by atoms with Crippen LogP contribution in [-0.2, 0) is 14.2 Å². The highest BCUT2D eigenvalue weighted by Crippen LogP contribution is 2.45. The summed E-state index contributed by atoms with van der Waals surface area (Å²) in [5, 5.41) is 93.0. The summed E-state index contributed by atoms with van der Waals surface area (Å²) >= 11 is 0. The maximum atomic E-state index is 13.2. The summed E-state index contributed by atoms with van der Waals surface area (Å²) < 4.78 is 39.1. The number of methoxy groups -OCH3 is 2. The average molecular weight is 655 g/mol. The molecule has 3 heterocycles. The van der Waals surface area contributed by atoms with E-state index in [1.165, 1.54) is 39.3 Å². The van der Waals surface area contributed by atoms with Crippen LogP contribution in [0.15, 0.2) is 33.5 Å². The number of aliphatic hydroxyl groups excluding tert-OH is 6. The van der Waals surface area contributed by atoms with Crippen LogP contribution in [0.5, 0.6) is 34.5 Å². The van der Waals surface area contributed by atoms with Crippen molar-refractivity contribution in [1.29, 1.82) is 0 Å². The lowest BCUT2D eigenvalue weighted by atomic mass is 9.97. The summed E-state index contributed by atoms with van der Waals surface area (Å²) in [5.74, 6) is -2.94. The Labute approximate surface area is 259 Å². The minimum Gasteiger partial charge on any atom is -0.507 e. The van der Waals surface area contributed by atoms with Gasteiger partial charge in [0.2, 0.25) is 23.2 Å². The first-order valence-electron chi connectivity index (χ1n) is 13.9. The van der Waals surface area contributed by atoms with E-state index >= 15 is 0 Å². The fraction of sp³-hybridized carbons (Fsp3) is 0.483. The highest BCUT2D eigenvalue weighted by Gasteiger charge is 2.51. The van der Waals surface area contributed by atoms with Crippen LogP contribution >= 0.6 is 0 Å². The maximum absolute atomic E-state index is 13.2. The lowest BCUT2D eigenvalue weighted by molar-refractivity contribution is -0.354. The maximum Gasteiger partial charge on any atom is 0.238 e. The molecular weight excluding hydrogens is 620 g/mol. The number of aromatic hydroxyl groups is 3. The third-order valence-corrected chi connectivity index (χ3v) is 7.86. The second-order valence-electron chi connectivity index (χ2n) is 10.7. The zero-order valence-electron chi connectivity index (χ0n) is 24.6. The minimum atomic E-state index is -1.85. The first-order chi connectivity index (χ1) is 21.8. The zero-order chi connectivity index (χ0) is 33.6. The van der Waals surface area contributed by atoms with E-state index in [9.17, 15) is 50.8 Å². The van der Waals surface area contributed by atoms with Crippen molar-refractivity contribution < 1.29 is 78.8 Å². The Hall–Kier alpha value is -3.91. The Morgan fingerprint density at radius 2 is 1.52 bits per heavy atom. The summed E-state index contributed by atoms with van der Waals surface area (Å²) in [6.45, 7) is 0.606. The summed E-state index contributed by atoms with van der Waals surface area (Å²) in [6.07, 6.45) is -16.1. The molecule has 9 N–H and O–H groups in total. The first-order valence-corrected chi connectivity index (χ1v) is 13.9. The number of hydrogen-bond donors (Lipinski definition) is 9. The first kappa shape index (κ1) is 33.5. The molecule has 252 valence electrons. The zero-order valence-corrected chi connectivity index (χ0v) is 24.6. The van der Waals surface area contributed by atoms with Crippen LogP contribution < -0.4 is 19.6 Å². The van der Waals surface area contributed by atoms with Crippen LogP contribution in [0.25, 0.3) is 22.3 Å². The number of fused-ring (bicyclic) bond motifs is 1. The molecule has 0 aliphatic carbocycles. The summed E-state index contributed by atoms with van der Waals surface area (Å²) in [6, 6.07) is 4.76. The summed E-state index contributed by atoms with van der Waals surface area (Å²) in [5.41, 5.74) is -1.37. The third-order valence-electron chi connectivity index (χ3n) is 7.86. The molecule has 0 spiro atoms. The molecule has 2 aliphatic heterocycles. The largest absolute Gasteiger partial charge is 0.507 e. The van der Waals surface area contributed by atoms with E-state index in [-0.39, 0.29) is 28.6 Å². The van der Waals surface area contributed by atoms with E-state index in [1.54, 1.807) is 0 Å². The molecule has 0 radical (unpaired) electrons. The molecule has 10 atom stereocenters. The van der Waals surface area contributed by atoms with Gasteiger partial charge in [0.05, 0.1) is 26.9 Å². The normalized spacial score (nSPS) is 31.5. The molecule has 2 aliphatic rings. The van der Waals surface area contributed by atoms with E-state index in [4.69, 9.17) is 32.8 Å². The van der Waals surface area contributed by atoms with Crippen molar-refractivity contribution in [2.24, 2.45) is 0 Å². The fourth-order valence-electron chi connectivity index (χ4n) is 5.29. The molecule has 3 aromatic rings. The summed E-state index contributed by atoms with van der Waals surface area (Å²) in [7, 11) is 2.45. The van der Waals surface area contributed by atoms with E-state index in [0.717, 1.165) is 6.07 Å². The molecule has 0 amide bonds. The van der Waals surface area contributed by atoms with Gasteiger partial charge in [0.15, 0.2) is 41.0 Å². The van der Waals surface area contributed by atoms with Crippen LogP contribution in [0, 0.1) is 0 Å². The number of benzene rings is 2. The van der Waals surface area contributed by atoms with Gasteiger partial charge in [-0.05, 0) is 25.1 Å². The van der Waals surface area contributed by atoms with Gasteiger partial charge in [0.25, 0.3) is 0 Å². The monoisotopic (exact) mass is 654 g/mol. The van der Waals surface area contributed by atoms with Crippen molar-refractivity contribution in [3.63, 3.8) is 0 Å². The molecule has 2 saturated heterocycles. The van der Waals surface area contributed by atoms with E-state index in [0.29, 0.717) is 0 Å². The Balaban J connectivity index is 1.58. The third kappa shape index (κ3) is 5.76. The SMILES string of the molecule is COc1cc(-c2oc3c(OC)c(O[C@@H]4O[C@H](CO)[C@@H](O)[C@H](O)[C@H]4O[C@@H]4O[C@@H](C)[C@H](O)[C@@H](O)[C@H]4O)cc(O)c3c(=O)c2O)ccc1O. The lowest BCUT2D eigenvalue weighted by Gasteiger charge is -2.45. The topological polar surface area (TPSA) is 268 Å². The molecule has 17 nitrogen and oxygen atoms in total. The molecule has 0 unspecified atom stereocenters. The molecule has 17 heteroatoms. The van der Waals surface area contributed by atoms with Crippen LogP contribution in [0.2, 0.25) is 0 Å². The highest BCUT2D eigenvalue weighted by molar-refractivity contribution is 5.93. The number of rotatable bonds is 8. The summed E-state index contributed by atoms with van der Waals surface area (Å²) in [4.78, 5) is 13.2. The fourth-order valence-corrected chi connectivity index (χ4v) is 5.29. The van der Waals surface area contributed by atoms with Crippen molar-refractivity contribution in [3.05, 3.63) is 34.5 Å². The van der Waals surface area contributed by atoms with Gasteiger partial charge >= 0.3 is 0 Å². The Kier molecular flexibility index (Phi) is 9.50. The number of phenolic OH excluding ortho intramolecular Hbond substituents is 2. The minimum absolute atomic E-state index is 0.00491. The predicted molar refractivity (Wildman–Crippen MR) is 152 cm³/mol. The number of ether oxygens (including phenoxy) is 6. The second-order valence-corrected chi connectivity index (χ2v) is 10.7. The number of aliphatic hydroxyl groups is 6. The smallest absolute Gasteiger partial charge is 0.238 e. The van der Waals surface area contributed by atoms with Gasteiger partial charge in [-0.25, -0.2) is 0 Å². The van der Waals surface area contributed by atoms with Crippen LogP contribution in [0.1, 0.15) is 6.92 Å². The van der Waals surface area contributed by atoms with Gasteiger partial charge in [-0.3, -0.25) is 4.79 Å². The Morgan fingerprint density at radius 1 is 0.804 bits per heavy atom. The Morgan fingerprint density at radius 3 is 2.17 bits per heavy atom. The average Bonchev–Trinajstić information content (AvgIpc) is 3.03. The van der Waals surface area contributed by atoms with Gasteiger partial charge in [-0.2, -0.15) is 0 Å². The van der Waals surface area contributed by atoms with E-state index in [1.807, 2.05) is 0 Å². The number of phenols is 2. The molecular formula is C29H34O17. The molecule has 0 bridgehead atoms. The lowest BCUT2D eigenvalue weighted by Crippen LogP contribution is -2.64. The van der Waals surface area contributed by atoms with Gasteiger partial charge in [0.1, 0.15) is 47.8 Å². The van der Waals surface area contributed by atoms with Gasteiger partial charge < -0.3 is 78.8 Å². The van der Waals surface area contributed by atoms with Crippen molar-refractivity contribution in [2.75, 3.05) is 20.8 Å². The van der Waals surface area contributed by atoms with Gasteiger partial charge in [0, 0.05) is 11.6 Å². The molecule has 46 heavy (non-hydrogen) atoms. The standard InChI is InChI=1S/C29H34O17/c1-9-17(33)20(36)23(39)28(42-9)46-27-21(37)18(34)15(8-30)44-29(27)43-14-7-12(32)16-19(35)22(38)24(45-26(16)25(14)41-3)10-4-5-11(31)13(6-10)40-2/h4-7,9,15,17-18,20-21,23,27-34,36-39H,8H2,1-3H3/t9-,15+,17-,18+,20+,21-,23+,27+,28-,29+/m0/s1. The Bertz CT molecular complexity index is 1620. The molecule has 2 fully saturated rings. The van der Waals surface area contributed by atoms with Gasteiger partial charge in [-0.1, -0.05) is 0 Å². The van der Waals surface area contributed by atoms with Crippen molar-refractivity contribution >= 4 is 11.0 Å². The second kappa shape index (κ2) is 13.1.